The van der Waals surface area contributed by atoms with Crippen LogP contribution in [0.2, 0.25) is 0 Å². The molecule has 1 fully saturated rings. The molecule has 1 saturated heterocycles. The first kappa shape index (κ1) is 36.3. The maximum Gasteiger partial charge on any atom is 0.293 e. The predicted molar refractivity (Wildman–Crippen MR) is 183 cm³/mol. The number of fused-ring (bicyclic) bond motifs is 1. The number of likely N-dealkylation sites (tertiary alicyclic amines) is 1. The van der Waals surface area contributed by atoms with Crippen LogP contribution in [-0.2, 0) is 16.0 Å². The molecule has 1 aliphatic carbocycles. The summed E-state index contributed by atoms with van der Waals surface area (Å²) in [6.07, 6.45) is 13.2. The Morgan fingerprint density at radius 1 is 1.07 bits per heavy atom. The lowest BCUT2D eigenvalue weighted by Crippen LogP contribution is -2.39. The lowest BCUT2D eigenvalue weighted by molar-refractivity contribution is -0.127. The number of carbonyl (C=O) groups is 2. The van der Waals surface area contributed by atoms with Gasteiger partial charge in [0.1, 0.15) is 12.4 Å². The Morgan fingerprint density at radius 2 is 1.73 bits per heavy atom. The minimum absolute atomic E-state index is 0.100. The van der Waals surface area contributed by atoms with E-state index in [9.17, 15) is 9.59 Å². The number of benzene rings is 2. The molecule has 0 bridgehead atoms. The molecule has 0 aromatic heterocycles. The monoisotopic (exact) mass is 600 g/mol. The Kier molecular flexibility index (Phi) is 15.4. The largest absolute Gasteiger partial charge is 0.497 e. The van der Waals surface area contributed by atoms with Crippen molar-refractivity contribution in [3.63, 3.8) is 0 Å². The standard InChI is InChI=1S/C27H34N2O2.C9H12O2.C2H6/c1-5-29(6-2)26(30)21-9-7-20(8-10-21)25-19-27(13-15-28(3)16-14-27)18-22-11-12-23(31-4)17-24(22)25;1-3-5-9(6-4-2)7-11-8-10;1-2/h7-12,17,19H,5-6,13-16,18H2,1-4H3;3-6,8H,1,7H2,2H3;1-2H3/b;6-4-,9-5+;. The SMILES string of the molecule is C=C/C=C(\C=C/C)COC=O.CC.CCN(CC)C(=O)c1ccc(C2=CC3(CCN(C)CC3)Cc3ccc(OC)cc32)cc1. The number of hydrogen-bond donors (Lipinski definition) is 0. The van der Waals surface area contributed by atoms with Crippen molar-refractivity contribution in [2.24, 2.45) is 5.41 Å². The number of piperidine rings is 1. The van der Waals surface area contributed by atoms with Crippen LogP contribution in [0.5, 0.6) is 5.75 Å². The summed E-state index contributed by atoms with van der Waals surface area (Å²) in [5.41, 5.74) is 6.98. The summed E-state index contributed by atoms with van der Waals surface area (Å²) in [6.45, 7) is 17.9. The van der Waals surface area contributed by atoms with E-state index < -0.39 is 0 Å². The lowest BCUT2D eigenvalue weighted by atomic mass is 9.67. The van der Waals surface area contributed by atoms with Crippen LogP contribution in [0, 0.1) is 5.41 Å². The molecule has 6 nitrogen and oxygen atoms in total. The van der Waals surface area contributed by atoms with E-state index in [0.29, 0.717) is 13.1 Å². The van der Waals surface area contributed by atoms with Gasteiger partial charge in [-0.15, -0.1) is 0 Å². The molecule has 0 N–H and O–H groups in total. The second kappa shape index (κ2) is 18.7. The van der Waals surface area contributed by atoms with Crippen molar-refractivity contribution in [2.45, 2.75) is 53.9 Å². The highest BCUT2D eigenvalue weighted by Crippen LogP contribution is 2.46. The number of hydrogen-bond acceptors (Lipinski definition) is 5. The first-order chi connectivity index (χ1) is 21.3. The van der Waals surface area contributed by atoms with Crippen molar-refractivity contribution < 1.29 is 19.1 Å². The van der Waals surface area contributed by atoms with Crippen LogP contribution >= 0.6 is 0 Å². The number of rotatable bonds is 10. The molecule has 238 valence electrons. The molecule has 1 amide bonds. The third-order valence-corrected chi connectivity index (χ3v) is 8.11. The van der Waals surface area contributed by atoms with E-state index in [2.05, 4.69) is 59.7 Å². The van der Waals surface area contributed by atoms with Crippen LogP contribution in [0.1, 0.15) is 74.5 Å². The van der Waals surface area contributed by atoms with Gasteiger partial charge in [0.05, 0.1) is 7.11 Å². The summed E-state index contributed by atoms with van der Waals surface area (Å²) in [5, 5.41) is 0. The molecular weight excluding hydrogens is 548 g/mol. The minimum atomic E-state index is 0.100. The van der Waals surface area contributed by atoms with Gasteiger partial charge in [0.2, 0.25) is 0 Å². The summed E-state index contributed by atoms with van der Waals surface area (Å²) >= 11 is 0. The second-order valence-electron chi connectivity index (χ2n) is 10.9. The summed E-state index contributed by atoms with van der Waals surface area (Å²) in [5.74, 6) is 0.986. The van der Waals surface area contributed by atoms with E-state index in [0.717, 1.165) is 49.5 Å². The summed E-state index contributed by atoms with van der Waals surface area (Å²) in [7, 11) is 3.94. The maximum absolute atomic E-state index is 12.7. The van der Waals surface area contributed by atoms with E-state index in [1.807, 2.05) is 63.8 Å². The highest BCUT2D eigenvalue weighted by Gasteiger charge is 2.36. The van der Waals surface area contributed by atoms with E-state index in [-0.39, 0.29) is 11.3 Å². The predicted octanol–water partition coefficient (Wildman–Crippen LogP) is 7.75. The molecule has 6 heteroatoms. The number of nitrogens with zero attached hydrogens (tertiary/aromatic N) is 2. The van der Waals surface area contributed by atoms with Crippen LogP contribution in [0.3, 0.4) is 0 Å². The van der Waals surface area contributed by atoms with Crippen molar-refractivity contribution in [1.29, 1.82) is 0 Å². The molecule has 2 aliphatic rings. The van der Waals surface area contributed by atoms with Gasteiger partial charge in [-0.3, -0.25) is 9.59 Å². The fourth-order valence-electron chi connectivity index (χ4n) is 5.66. The van der Waals surface area contributed by atoms with Crippen LogP contribution in [-0.4, -0.2) is 69.1 Å². The van der Waals surface area contributed by atoms with Crippen molar-refractivity contribution >= 4 is 18.0 Å². The summed E-state index contributed by atoms with van der Waals surface area (Å²) in [4.78, 5) is 26.8. The van der Waals surface area contributed by atoms with Gasteiger partial charge in [0.15, 0.2) is 0 Å². The normalized spacial score (nSPS) is 15.5. The van der Waals surface area contributed by atoms with Crippen LogP contribution in [0.25, 0.3) is 5.57 Å². The van der Waals surface area contributed by atoms with Gasteiger partial charge in [-0.25, -0.2) is 0 Å². The average molecular weight is 601 g/mol. The van der Waals surface area contributed by atoms with Gasteiger partial charge in [0.25, 0.3) is 12.4 Å². The van der Waals surface area contributed by atoms with Gasteiger partial charge in [0, 0.05) is 18.7 Å². The number of amides is 1. The van der Waals surface area contributed by atoms with Gasteiger partial charge in [-0.2, -0.15) is 0 Å². The molecule has 2 aromatic carbocycles. The Morgan fingerprint density at radius 3 is 2.27 bits per heavy atom. The van der Waals surface area contributed by atoms with E-state index in [1.54, 1.807) is 19.3 Å². The molecule has 0 unspecified atom stereocenters. The smallest absolute Gasteiger partial charge is 0.293 e. The van der Waals surface area contributed by atoms with Crippen molar-refractivity contribution in [2.75, 3.05) is 46.9 Å². The van der Waals surface area contributed by atoms with Crippen molar-refractivity contribution in [3.8, 4) is 5.75 Å². The molecule has 0 radical (unpaired) electrons. The zero-order valence-electron chi connectivity index (χ0n) is 27.9. The van der Waals surface area contributed by atoms with Gasteiger partial charge < -0.3 is 19.3 Å². The minimum Gasteiger partial charge on any atom is -0.497 e. The lowest BCUT2D eigenvalue weighted by Gasteiger charge is -2.42. The Hall–Kier alpha value is -3.90. The summed E-state index contributed by atoms with van der Waals surface area (Å²) in [6, 6.07) is 14.7. The molecule has 1 spiro atoms. The molecule has 1 aliphatic heterocycles. The molecule has 44 heavy (non-hydrogen) atoms. The molecule has 1 heterocycles. The fraction of sp³-hybridized carbons (Fsp3) is 0.421. The van der Waals surface area contributed by atoms with Crippen LogP contribution in [0.15, 0.2) is 85.0 Å². The second-order valence-corrected chi connectivity index (χ2v) is 10.9. The molecule has 4 rings (SSSR count). The first-order valence-corrected chi connectivity index (χ1v) is 15.8. The zero-order chi connectivity index (χ0) is 32.5. The average Bonchev–Trinajstić information content (AvgIpc) is 3.06. The number of allylic oxidation sites excluding steroid dienone is 4. The zero-order valence-corrected chi connectivity index (χ0v) is 27.9. The highest BCUT2D eigenvalue weighted by atomic mass is 16.5. The fourth-order valence-corrected chi connectivity index (χ4v) is 5.66. The van der Waals surface area contributed by atoms with E-state index in [4.69, 9.17) is 4.74 Å². The molecule has 0 saturated carbocycles. The molecule has 0 atom stereocenters. The Balaban J connectivity index is 0.000000441. The van der Waals surface area contributed by atoms with Gasteiger partial charge >= 0.3 is 0 Å². The molecular formula is C38H52N2O4. The Labute approximate surface area is 265 Å². The highest BCUT2D eigenvalue weighted by molar-refractivity contribution is 5.95. The molecule has 2 aromatic rings. The van der Waals surface area contributed by atoms with Gasteiger partial charge in [-0.1, -0.05) is 69.0 Å². The summed E-state index contributed by atoms with van der Waals surface area (Å²) < 4.78 is 10.1. The van der Waals surface area contributed by atoms with Crippen LogP contribution < -0.4 is 4.74 Å². The number of methoxy groups -OCH3 is 1. The van der Waals surface area contributed by atoms with Crippen molar-refractivity contribution in [3.05, 3.63) is 107 Å². The first-order valence-electron chi connectivity index (χ1n) is 15.8. The van der Waals surface area contributed by atoms with E-state index in [1.165, 1.54) is 35.1 Å². The topological polar surface area (TPSA) is 59.1 Å². The maximum atomic E-state index is 12.7. The van der Waals surface area contributed by atoms with Gasteiger partial charge in [-0.05, 0) is 118 Å². The third kappa shape index (κ3) is 9.81. The number of carbonyl (C=O) groups excluding carboxylic acids is 2. The van der Waals surface area contributed by atoms with Crippen LogP contribution in [0.4, 0.5) is 0 Å². The van der Waals surface area contributed by atoms with E-state index >= 15 is 0 Å². The van der Waals surface area contributed by atoms with Crippen molar-refractivity contribution in [1.82, 2.24) is 9.80 Å². The Bertz CT molecular complexity index is 1290. The quantitative estimate of drug-likeness (QED) is 0.206. The number of ether oxygens (including phenoxy) is 2. The third-order valence-electron chi connectivity index (χ3n) is 8.11.